The first-order valence-corrected chi connectivity index (χ1v) is 7.77. The number of carbonyl (C=O) groups excluding carboxylic acids is 1. The summed E-state index contributed by atoms with van der Waals surface area (Å²) in [6.07, 6.45) is 0. The fourth-order valence-corrected chi connectivity index (χ4v) is 3.06. The van der Waals surface area contributed by atoms with Gasteiger partial charge in [0, 0.05) is 15.9 Å². The lowest BCUT2D eigenvalue weighted by Crippen LogP contribution is -2.46. The number of halogens is 1. The topological polar surface area (TPSA) is 41.9 Å². The maximum Gasteiger partial charge on any atom is 0.232 e. The lowest BCUT2D eigenvalue weighted by Gasteiger charge is -2.32. The molecule has 0 bridgehead atoms. The maximum atomic E-state index is 12.7. The van der Waals surface area contributed by atoms with Crippen molar-refractivity contribution in [3.05, 3.63) is 34.3 Å². The number of carbonyl (C=O) groups is 1. The Labute approximate surface area is 134 Å². The lowest BCUT2D eigenvalue weighted by molar-refractivity contribution is -0.132. The van der Waals surface area contributed by atoms with Crippen LogP contribution >= 0.6 is 15.9 Å². The Bertz CT molecular complexity index is 561. The van der Waals surface area contributed by atoms with Crippen LogP contribution in [0.5, 0.6) is 0 Å². The number of rotatable bonds is 2. The van der Waals surface area contributed by atoms with Gasteiger partial charge in [0.15, 0.2) is 5.84 Å². The van der Waals surface area contributed by atoms with Gasteiger partial charge < -0.3 is 4.84 Å². The van der Waals surface area contributed by atoms with Crippen LogP contribution in [0.2, 0.25) is 0 Å². The van der Waals surface area contributed by atoms with Crippen molar-refractivity contribution < 1.29 is 9.63 Å². The summed E-state index contributed by atoms with van der Waals surface area (Å²) in [6.45, 7) is 7.97. The highest BCUT2D eigenvalue weighted by Gasteiger charge is 2.48. The number of likely N-dealkylation sites (tertiary alicyclic amines) is 1. The van der Waals surface area contributed by atoms with E-state index in [1.165, 1.54) is 7.11 Å². The molecule has 0 radical (unpaired) electrons. The molecule has 1 aliphatic rings. The van der Waals surface area contributed by atoms with E-state index in [0.29, 0.717) is 5.84 Å². The van der Waals surface area contributed by atoms with Gasteiger partial charge in [-0.3, -0.25) is 9.69 Å². The van der Waals surface area contributed by atoms with Gasteiger partial charge >= 0.3 is 0 Å². The quantitative estimate of drug-likeness (QED) is 0.760. The Morgan fingerprint density at radius 1 is 1.24 bits per heavy atom. The monoisotopic (exact) mass is 352 g/mol. The van der Waals surface area contributed by atoms with Gasteiger partial charge in [-0.1, -0.05) is 40.1 Å². The van der Waals surface area contributed by atoms with E-state index in [1.54, 1.807) is 4.90 Å². The first kappa shape index (κ1) is 16.0. The Kier molecular flexibility index (Phi) is 4.42. The van der Waals surface area contributed by atoms with Gasteiger partial charge in [-0.25, -0.2) is 0 Å². The summed E-state index contributed by atoms with van der Waals surface area (Å²) in [7, 11) is 1.51. The molecular weight excluding hydrogens is 332 g/mol. The van der Waals surface area contributed by atoms with E-state index in [9.17, 15) is 4.79 Å². The third-order valence-electron chi connectivity index (χ3n) is 3.70. The van der Waals surface area contributed by atoms with E-state index in [-0.39, 0.29) is 23.3 Å². The molecule has 1 amide bonds. The highest BCUT2D eigenvalue weighted by Crippen LogP contribution is 2.39. The van der Waals surface area contributed by atoms with Gasteiger partial charge in [0.1, 0.15) is 7.11 Å². The van der Waals surface area contributed by atoms with E-state index < -0.39 is 0 Å². The standard InChI is InChI=1S/C16H21BrN2O2/c1-10-13(11-6-8-12(17)9-7-11)14(18-21-5)19(15(10)20)16(2,3)4/h6-10,13H,1-5H3/t10-,13-/m0/s1. The van der Waals surface area contributed by atoms with Gasteiger partial charge in [-0.05, 0) is 38.5 Å². The summed E-state index contributed by atoms with van der Waals surface area (Å²) in [4.78, 5) is 19.4. The van der Waals surface area contributed by atoms with Crippen molar-refractivity contribution in [3.8, 4) is 0 Å². The van der Waals surface area contributed by atoms with Gasteiger partial charge in [0.2, 0.25) is 5.91 Å². The summed E-state index contributed by atoms with van der Waals surface area (Å²) in [5, 5.41) is 4.16. The van der Waals surface area contributed by atoms with Crippen LogP contribution < -0.4 is 0 Å². The minimum Gasteiger partial charge on any atom is -0.398 e. The van der Waals surface area contributed by atoms with Gasteiger partial charge in [0.25, 0.3) is 0 Å². The van der Waals surface area contributed by atoms with Crippen molar-refractivity contribution >= 4 is 27.7 Å². The van der Waals surface area contributed by atoms with Crippen LogP contribution in [0.15, 0.2) is 33.9 Å². The fourth-order valence-electron chi connectivity index (χ4n) is 2.80. The van der Waals surface area contributed by atoms with E-state index in [0.717, 1.165) is 10.0 Å². The molecule has 1 fully saturated rings. The van der Waals surface area contributed by atoms with Crippen LogP contribution in [-0.4, -0.2) is 29.3 Å². The van der Waals surface area contributed by atoms with E-state index >= 15 is 0 Å². The number of hydrogen-bond donors (Lipinski definition) is 0. The number of oxime groups is 1. The number of nitrogens with zero attached hydrogens (tertiary/aromatic N) is 2. The molecule has 0 unspecified atom stereocenters. The fraction of sp³-hybridized carbons (Fsp3) is 0.500. The molecular formula is C16H21BrN2O2. The van der Waals surface area contributed by atoms with E-state index in [1.807, 2.05) is 52.0 Å². The molecule has 1 aromatic rings. The average molecular weight is 353 g/mol. The van der Waals surface area contributed by atoms with Crippen LogP contribution in [0.25, 0.3) is 0 Å². The SMILES string of the molecule is CON=C1[C@H](c2ccc(Br)cc2)[C@H](C)C(=O)N1C(C)(C)C. The largest absolute Gasteiger partial charge is 0.398 e. The number of hydrogen-bond acceptors (Lipinski definition) is 3. The molecule has 2 atom stereocenters. The molecule has 21 heavy (non-hydrogen) atoms. The molecule has 1 saturated heterocycles. The maximum absolute atomic E-state index is 12.7. The predicted molar refractivity (Wildman–Crippen MR) is 87.1 cm³/mol. The lowest BCUT2D eigenvalue weighted by atomic mass is 9.89. The second-order valence-corrected chi connectivity index (χ2v) is 7.21. The minimum atomic E-state index is -0.327. The Hall–Kier alpha value is -1.36. The van der Waals surface area contributed by atoms with Crippen LogP contribution in [0, 0.1) is 5.92 Å². The highest BCUT2D eigenvalue weighted by molar-refractivity contribution is 9.10. The van der Waals surface area contributed by atoms with Gasteiger partial charge in [-0.2, -0.15) is 0 Å². The normalized spacial score (nSPS) is 24.8. The molecule has 1 aromatic carbocycles. The number of amidine groups is 1. The first-order chi connectivity index (χ1) is 9.77. The summed E-state index contributed by atoms with van der Waals surface area (Å²) < 4.78 is 1.01. The van der Waals surface area contributed by atoms with Gasteiger partial charge in [0.05, 0.1) is 5.92 Å². The molecule has 5 heteroatoms. The molecule has 0 aromatic heterocycles. The molecule has 1 heterocycles. The van der Waals surface area contributed by atoms with Gasteiger partial charge in [-0.15, -0.1) is 0 Å². The van der Waals surface area contributed by atoms with Crippen LogP contribution in [0.3, 0.4) is 0 Å². The zero-order valence-corrected chi connectivity index (χ0v) is 14.6. The second-order valence-electron chi connectivity index (χ2n) is 6.29. The molecule has 2 rings (SSSR count). The van der Waals surface area contributed by atoms with Crippen molar-refractivity contribution in [1.29, 1.82) is 0 Å². The molecule has 1 aliphatic heterocycles. The third kappa shape index (κ3) is 2.98. The predicted octanol–water partition coefficient (Wildman–Crippen LogP) is 3.77. The van der Waals surface area contributed by atoms with E-state index in [4.69, 9.17) is 4.84 Å². The summed E-state index contributed by atoms with van der Waals surface area (Å²) in [5.74, 6) is 0.542. The molecule has 4 nitrogen and oxygen atoms in total. The highest BCUT2D eigenvalue weighted by atomic mass is 79.9. The minimum absolute atomic E-state index is 0.0789. The number of benzene rings is 1. The van der Waals surface area contributed by atoms with Crippen LogP contribution in [-0.2, 0) is 9.63 Å². The van der Waals surface area contributed by atoms with Crippen molar-refractivity contribution in [2.45, 2.75) is 39.2 Å². The summed E-state index contributed by atoms with van der Waals surface area (Å²) >= 11 is 3.44. The molecule has 0 aliphatic carbocycles. The Balaban J connectivity index is 2.51. The zero-order valence-electron chi connectivity index (χ0n) is 13.1. The van der Waals surface area contributed by atoms with Crippen LogP contribution in [0.1, 0.15) is 39.2 Å². The zero-order chi connectivity index (χ0) is 15.8. The number of amides is 1. The summed E-state index contributed by atoms with van der Waals surface area (Å²) in [6, 6.07) is 8.01. The van der Waals surface area contributed by atoms with Crippen molar-refractivity contribution in [2.24, 2.45) is 11.1 Å². The third-order valence-corrected chi connectivity index (χ3v) is 4.23. The van der Waals surface area contributed by atoms with E-state index in [2.05, 4.69) is 21.1 Å². The second kappa shape index (κ2) is 5.79. The smallest absolute Gasteiger partial charge is 0.232 e. The first-order valence-electron chi connectivity index (χ1n) is 6.98. The van der Waals surface area contributed by atoms with Crippen LogP contribution in [0.4, 0.5) is 0 Å². The van der Waals surface area contributed by atoms with Crippen molar-refractivity contribution in [1.82, 2.24) is 4.90 Å². The Morgan fingerprint density at radius 3 is 2.29 bits per heavy atom. The molecule has 0 N–H and O–H groups in total. The Morgan fingerprint density at radius 2 is 1.81 bits per heavy atom. The summed E-state index contributed by atoms with van der Waals surface area (Å²) in [5.41, 5.74) is 0.744. The molecule has 114 valence electrons. The van der Waals surface area contributed by atoms with Crippen molar-refractivity contribution in [2.75, 3.05) is 7.11 Å². The average Bonchev–Trinajstić information content (AvgIpc) is 2.63. The molecule has 0 saturated carbocycles. The van der Waals surface area contributed by atoms with Crippen molar-refractivity contribution in [3.63, 3.8) is 0 Å². The molecule has 0 spiro atoms.